The van der Waals surface area contributed by atoms with Gasteiger partial charge < -0.3 is 5.73 Å². The van der Waals surface area contributed by atoms with Crippen LogP contribution in [0.5, 0.6) is 0 Å². The van der Waals surface area contributed by atoms with E-state index in [1.54, 1.807) is 0 Å². The normalized spacial score (nSPS) is 32.4. The van der Waals surface area contributed by atoms with Gasteiger partial charge in [0.05, 0.1) is 0 Å². The molecule has 3 rings (SSSR count). The van der Waals surface area contributed by atoms with Gasteiger partial charge in [-0.3, -0.25) is 0 Å². The SMILES string of the molecule is Nc1ccc(CP2C3CCCCCCC32)cc1. The van der Waals surface area contributed by atoms with Gasteiger partial charge in [0.2, 0.25) is 0 Å². The molecule has 2 N–H and O–H groups in total. The number of benzene rings is 1. The summed E-state index contributed by atoms with van der Waals surface area (Å²) in [7, 11) is 0.324. The molecule has 0 spiro atoms. The van der Waals surface area contributed by atoms with E-state index in [2.05, 4.69) is 24.3 Å². The largest absolute Gasteiger partial charge is 0.399 e. The standard InChI is InChI=1S/C15H22NP/c16-13-9-7-12(8-10-13)11-17-14-5-3-1-2-4-6-15(14)17/h7-10,14-15H,1-6,11,16H2. The maximum absolute atomic E-state index is 5.74. The zero-order valence-electron chi connectivity index (χ0n) is 10.4. The Morgan fingerprint density at radius 2 is 1.53 bits per heavy atom. The van der Waals surface area contributed by atoms with E-state index in [0.29, 0.717) is 7.92 Å². The highest BCUT2D eigenvalue weighted by Gasteiger charge is 2.47. The predicted molar refractivity (Wildman–Crippen MR) is 76.8 cm³/mol. The van der Waals surface area contributed by atoms with Gasteiger partial charge in [0.15, 0.2) is 0 Å². The lowest BCUT2D eigenvalue weighted by molar-refractivity contribution is 0.551. The van der Waals surface area contributed by atoms with Crippen LogP contribution in [0.4, 0.5) is 5.69 Å². The zero-order valence-corrected chi connectivity index (χ0v) is 11.3. The highest BCUT2D eigenvalue weighted by molar-refractivity contribution is 7.66. The van der Waals surface area contributed by atoms with Crippen LogP contribution in [0.2, 0.25) is 0 Å². The molecule has 1 aliphatic carbocycles. The van der Waals surface area contributed by atoms with E-state index in [-0.39, 0.29) is 0 Å². The fourth-order valence-electron chi connectivity index (χ4n) is 3.24. The minimum atomic E-state index is 0.324. The number of rotatable bonds is 2. The Kier molecular flexibility index (Phi) is 3.38. The molecular formula is C15H22NP. The minimum Gasteiger partial charge on any atom is -0.399 e. The molecule has 1 aromatic carbocycles. The van der Waals surface area contributed by atoms with E-state index >= 15 is 0 Å². The third-order valence-corrected chi connectivity index (χ3v) is 7.63. The van der Waals surface area contributed by atoms with Gasteiger partial charge in [0, 0.05) is 5.69 Å². The lowest BCUT2D eigenvalue weighted by atomic mass is 10.0. The van der Waals surface area contributed by atoms with Crippen molar-refractivity contribution in [3.63, 3.8) is 0 Å². The van der Waals surface area contributed by atoms with Crippen molar-refractivity contribution < 1.29 is 0 Å². The fraction of sp³-hybridized carbons (Fsp3) is 0.600. The van der Waals surface area contributed by atoms with Gasteiger partial charge in [0.1, 0.15) is 0 Å². The van der Waals surface area contributed by atoms with Crippen molar-refractivity contribution >= 4 is 13.6 Å². The number of nitrogen functional groups attached to an aromatic ring is 1. The summed E-state index contributed by atoms with van der Waals surface area (Å²) in [6, 6.07) is 8.56. The maximum atomic E-state index is 5.74. The van der Waals surface area contributed by atoms with Gasteiger partial charge in [-0.25, -0.2) is 0 Å². The number of nitrogens with two attached hydrogens (primary N) is 1. The molecule has 92 valence electrons. The summed E-state index contributed by atoms with van der Waals surface area (Å²) >= 11 is 0. The van der Waals surface area contributed by atoms with E-state index in [4.69, 9.17) is 5.73 Å². The molecule has 1 saturated carbocycles. The Bertz CT molecular complexity index is 359. The van der Waals surface area contributed by atoms with Crippen molar-refractivity contribution in [2.75, 3.05) is 5.73 Å². The maximum Gasteiger partial charge on any atom is 0.0314 e. The van der Waals surface area contributed by atoms with Gasteiger partial charge in [-0.05, 0) is 48.0 Å². The van der Waals surface area contributed by atoms with Crippen LogP contribution in [-0.4, -0.2) is 11.3 Å². The average molecular weight is 247 g/mol. The first-order chi connectivity index (χ1) is 8.34. The number of fused-ring (bicyclic) bond motifs is 1. The first kappa shape index (κ1) is 11.5. The lowest BCUT2D eigenvalue weighted by Gasteiger charge is -2.04. The van der Waals surface area contributed by atoms with Crippen molar-refractivity contribution in [2.24, 2.45) is 0 Å². The van der Waals surface area contributed by atoms with Crippen LogP contribution in [0.15, 0.2) is 24.3 Å². The number of hydrogen-bond donors (Lipinski definition) is 1. The Balaban J connectivity index is 1.61. The van der Waals surface area contributed by atoms with Gasteiger partial charge in [-0.1, -0.05) is 45.7 Å². The fourth-order valence-corrected chi connectivity index (χ4v) is 6.73. The Hall–Kier alpha value is -0.550. The summed E-state index contributed by atoms with van der Waals surface area (Å²) in [5, 5.41) is 0. The van der Waals surface area contributed by atoms with Crippen molar-refractivity contribution in [2.45, 2.75) is 56.0 Å². The van der Waals surface area contributed by atoms with Crippen molar-refractivity contribution in [1.29, 1.82) is 0 Å². The molecule has 2 aliphatic rings. The van der Waals surface area contributed by atoms with E-state index in [9.17, 15) is 0 Å². The molecule has 0 bridgehead atoms. The second kappa shape index (κ2) is 4.98. The summed E-state index contributed by atoms with van der Waals surface area (Å²) in [5.41, 5.74) is 10.4. The van der Waals surface area contributed by atoms with Crippen LogP contribution in [0.3, 0.4) is 0 Å². The van der Waals surface area contributed by atoms with Gasteiger partial charge in [0.25, 0.3) is 0 Å². The molecule has 2 fully saturated rings. The van der Waals surface area contributed by atoms with Gasteiger partial charge >= 0.3 is 0 Å². The third kappa shape index (κ3) is 2.65. The Labute approximate surface area is 106 Å². The molecule has 2 unspecified atom stereocenters. The molecule has 1 saturated heterocycles. The molecule has 2 atom stereocenters. The van der Waals surface area contributed by atoms with Crippen molar-refractivity contribution in [3.8, 4) is 0 Å². The molecule has 0 radical (unpaired) electrons. The number of hydrogen-bond acceptors (Lipinski definition) is 1. The minimum absolute atomic E-state index is 0.324. The molecule has 0 aromatic heterocycles. The predicted octanol–water partition coefficient (Wildman–Crippen LogP) is 4.36. The second-order valence-corrected chi connectivity index (χ2v) is 8.21. The van der Waals surface area contributed by atoms with Crippen molar-refractivity contribution in [3.05, 3.63) is 29.8 Å². The van der Waals surface area contributed by atoms with E-state index in [1.165, 1.54) is 50.3 Å². The Morgan fingerprint density at radius 3 is 2.12 bits per heavy atom. The second-order valence-electron chi connectivity index (χ2n) is 5.54. The quantitative estimate of drug-likeness (QED) is 0.610. The van der Waals surface area contributed by atoms with E-state index in [1.807, 2.05) is 0 Å². The summed E-state index contributed by atoms with van der Waals surface area (Å²) in [5.74, 6) is 0. The highest BCUT2D eigenvalue weighted by atomic mass is 31.1. The van der Waals surface area contributed by atoms with Crippen LogP contribution >= 0.6 is 7.92 Å². The molecule has 0 amide bonds. The van der Waals surface area contributed by atoms with Crippen LogP contribution in [0.1, 0.15) is 44.1 Å². The van der Waals surface area contributed by atoms with Crippen LogP contribution in [0.25, 0.3) is 0 Å². The highest BCUT2D eigenvalue weighted by Crippen LogP contribution is 2.71. The molecule has 2 heteroatoms. The summed E-state index contributed by atoms with van der Waals surface area (Å²) in [6.45, 7) is 0. The van der Waals surface area contributed by atoms with Crippen molar-refractivity contribution in [1.82, 2.24) is 0 Å². The molecule has 1 aliphatic heterocycles. The van der Waals surface area contributed by atoms with E-state index in [0.717, 1.165) is 17.0 Å². The van der Waals surface area contributed by atoms with Crippen LogP contribution in [0, 0.1) is 0 Å². The first-order valence-electron chi connectivity index (χ1n) is 6.95. The topological polar surface area (TPSA) is 26.0 Å². The summed E-state index contributed by atoms with van der Waals surface area (Å²) in [6.07, 6.45) is 10.3. The molecule has 1 heterocycles. The lowest BCUT2D eigenvalue weighted by Crippen LogP contribution is -1.97. The van der Waals surface area contributed by atoms with Gasteiger partial charge in [-0.2, -0.15) is 0 Å². The van der Waals surface area contributed by atoms with Gasteiger partial charge in [-0.15, -0.1) is 0 Å². The average Bonchev–Trinajstić information content (AvgIpc) is 2.92. The van der Waals surface area contributed by atoms with Crippen LogP contribution in [-0.2, 0) is 6.16 Å². The molecule has 1 nitrogen and oxygen atoms in total. The molecular weight excluding hydrogens is 225 g/mol. The molecule has 1 aromatic rings. The summed E-state index contributed by atoms with van der Waals surface area (Å²) < 4.78 is 0. The van der Waals surface area contributed by atoms with Crippen LogP contribution < -0.4 is 5.73 Å². The first-order valence-corrected chi connectivity index (χ1v) is 8.61. The monoisotopic (exact) mass is 247 g/mol. The third-order valence-electron chi connectivity index (χ3n) is 4.30. The number of anilines is 1. The Morgan fingerprint density at radius 1 is 0.941 bits per heavy atom. The smallest absolute Gasteiger partial charge is 0.0314 e. The molecule has 17 heavy (non-hydrogen) atoms. The summed E-state index contributed by atoms with van der Waals surface area (Å²) in [4.78, 5) is 0. The van der Waals surface area contributed by atoms with E-state index < -0.39 is 0 Å². The zero-order chi connectivity index (χ0) is 11.7.